The standard InChI is InChI=1S/C32H26ClF2N3O3/c1-18-6-8-26-27(12-18)38(17-21-10-11-39-21)30(37-26)14-19-13-25(35)23(15-24(19)34)22-4-3-5-28-31(22)41-32(2,40-28)29-9-7-20(33)16-36-29/h3-9,12-13,15-16,21H,10-11,14,17H2,1-2H3. The van der Waals surface area contributed by atoms with E-state index in [4.69, 9.17) is 30.8 Å². The second kappa shape index (κ2) is 9.82. The van der Waals surface area contributed by atoms with Crippen molar-refractivity contribution in [1.29, 1.82) is 0 Å². The average Bonchev–Trinajstić information content (AvgIpc) is 3.45. The van der Waals surface area contributed by atoms with E-state index in [9.17, 15) is 0 Å². The first-order chi connectivity index (χ1) is 19.8. The van der Waals surface area contributed by atoms with Gasteiger partial charge in [-0.1, -0.05) is 29.8 Å². The molecule has 3 aromatic carbocycles. The number of benzene rings is 3. The lowest BCUT2D eigenvalue weighted by Crippen LogP contribution is -2.32. The number of imidazole rings is 1. The van der Waals surface area contributed by atoms with E-state index in [1.54, 1.807) is 37.3 Å². The summed E-state index contributed by atoms with van der Waals surface area (Å²) in [6.45, 7) is 5.09. The molecule has 0 radical (unpaired) electrons. The minimum absolute atomic E-state index is 0.0759. The number of nitrogens with zero attached hydrogens (tertiary/aromatic N) is 3. The molecule has 2 unspecified atom stereocenters. The number of ether oxygens (including phenoxy) is 3. The van der Waals surface area contributed by atoms with Crippen LogP contribution in [-0.2, 0) is 23.5 Å². The van der Waals surface area contributed by atoms with Crippen LogP contribution in [0.15, 0.2) is 66.9 Å². The van der Waals surface area contributed by atoms with E-state index in [0.29, 0.717) is 40.1 Å². The molecule has 6 nitrogen and oxygen atoms in total. The molecule has 1 saturated heterocycles. The second-order valence-electron chi connectivity index (χ2n) is 10.7. The Bertz CT molecular complexity index is 1800. The Morgan fingerprint density at radius 3 is 2.63 bits per heavy atom. The fraction of sp³-hybridized carbons (Fsp3) is 0.250. The van der Waals surface area contributed by atoms with Gasteiger partial charge < -0.3 is 18.8 Å². The van der Waals surface area contributed by atoms with Gasteiger partial charge in [-0.3, -0.25) is 4.98 Å². The maximum absolute atomic E-state index is 15.7. The lowest BCUT2D eigenvalue weighted by molar-refractivity contribution is -0.0715. The van der Waals surface area contributed by atoms with Crippen LogP contribution in [-0.4, -0.2) is 27.2 Å². The summed E-state index contributed by atoms with van der Waals surface area (Å²) in [5.41, 5.74) is 4.05. The van der Waals surface area contributed by atoms with Gasteiger partial charge in [0.2, 0.25) is 0 Å². The third-order valence-electron chi connectivity index (χ3n) is 7.71. The quantitative estimate of drug-likeness (QED) is 0.212. The summed E-state index contributed by atoms with van der Waals surface area (Å²) in [5, 5.41) is 0.480. The van der Waals surface area contributed by atoms with E-state index < -0.39 is 17.4 Å². The van der Waals surface area contributed by atoms with Crippen molar-refractivity contribution in [2.75, 3.05) is 6.61 Å². The third kappa shape index (κ3) is 4.61. The number of aryl methyl sites for hydroxylation is 1. The first-order valence-electron chi connectivity index (χ1n) is 13.5. The SMILES string of the molecule is Cc1ccc2nc(Cc3cc(F)c(-c4cccc5c4OC(C)(c4ccc(Cl)cn4)O5)cc3F)n(CC3CCO3)c2c1. The summed E-state index contributed by atoms with van der Waals surface area (Å²) in [5.74, 6) is -0.967. The summed E-state index contributed by atoms with van der Waals surface area (Å²) < 4.78 is 51.4. The lowest BCUT2D eigenvalue weighted by Gasteiger charge is -2.27. The van der Waals surface area contributed by atoms with Gasteiger partial charge in [0.15, 0.2) is 11.5 Å². The van der Waals surface area contributed by atoms with Crippen LogP contribution in [0.4, 0.5) is 8.78 Å². The molecule has 208 valence electrons. The monoisotopic (exact) mass is 573 g/mol. The molecule has 9 heteroatoms. The van der Waals surface area contributed by atoms with Crippen molar-refractivity contribution in [3.05, 3.63) is 106 Å². The molecular weight excluding hydrogens is 548 g/mol. The first-order valence-corrected chi connectivity index (χ1v) is 13.8. The maximum Gasteiger partial charge on any atom is 0.292 e. The summed E-state index contributed by atoms with van der Waals surface area (Å²) in [6.07, 6.45) is 2.69. The molecule has 4 heterocycles. The fourth-order valence-corrected chi connectivity index (χ4v) is 5.55. The fourth-order valence-electron chi connectivity index (χ4n) is 5.44. The molecule has 7 rings (SSSR count). The van der Waals surface area contributed by atoms with E-state index in [1.165, 1.54) is 18.3 Å². The Balaban J connectivity index is 1.23. The number of hydrogen-bond acceptors (Lipinski definition) is 5. The third-order valence-corrected chi connectivity index (χ3v) is 7.93. The molecule has 2 aromatic heterocycles. The maximum atomic E-state index is 15.7. The van der Waals surface area contributed by atoms with Crippen LogP contribution in [0, 0.1) is 18.6 Å². The predicted octanol–water partition coefficient (Wildman–Crippen LogP) is 7.36. The van der Waals surface area contributed by atoms with Crippen molar-refractivity contribution in [2.24, 2.45) is 0 Å². The van der Waals surface area contributed by atoms with Crippen molar-refractivity contribution < 1.29 is 23.0 Å². The van der Waals surface area contributed by atoms with Gasteiger partial charge in [-0.15, -0.1) is 0 Å². The van der Waals surface area contributed by atoms with Crippen LogP contribution in [0.5, 0.6) is 11.5 Å². The highest BCUT2D eigenvalue weighted by molar-refractivity contribution is 6.30. The lowest BCUT2D eigenvalue weighted by atomic mass is 10.00. The Hall–Kier alpha value is -4.01. The number of aromatic nitrogens is 3. The Morgan fingerprint density at radius 2 is 1.88 bits per heavy atom. The highest BCUT2D eigenvalue weighted by Gasteiger charge is 2.41. The van der Waals surface area contributed by atoms with E-state index in [1.807, 2.05) is 19.1 Å². The summed E-state index contributed by atoms with van der Waals surface area (Å²) in [6, 6.07) is 17.0. The first kappa shape index (κ1) is 25.9. The Kier molecular flexibility index (Phi) is 6.21. The van der Waals surface area contributed by atoms with Crippen molar-refractivity contribution in [1.82, 2.24) is 14.5 Å². The van der Waals surface area contributed by atoms with Gasteiger partial charge in [0.25, 0.3) is 5.79 Å². The van der Waals surface area contributed by atoms with E-state index in [2.05, 4.69) is 15.6 Å². The molecule has 0 amide bonds. The average molecular weight is 574 g/mol. The number of rotatable bonds is 6. The minimum atomic E-state index is -1.25. The van der Waals surface area contributed by atoms with Crippen molar-refractivity contribution >= 4 is 22.6 Å². The van der Waals surface area contributed by atoms with Crippen LogP contribution in [0.1, 0.15) is 36.0 Å². The van der Waals surface area contributed by atoms with Gasteiger partial charge in [0.1, 0.15) is 23.2 Å². The van der Waals surface area contributed by atoms with Gasteiger partial charge >= 0.3 is 0 Å². The molecule has 2 atom stereocenters. The molecule has 0 spiro atoms. The molecule has 0 bridgehead atoms. The van der Waals surface area contributed by atoms with Gasteiger partial charge in [-0.2, -0.15) is 0 Å². The number of hydrogen-bond donors (Lipinski definition) is 0. The zero-order valence-corrected chi connectivity index (χ0v) is 23.2. The van der Waals surface area contributed by atoms with Crippen molar-refractivity contribution in [3.63, 3.8) is 0 Å². The molecule has 5 aromatic rings. The molecule has 41 heavy (non-hydrogen) atoms. The zero-order valence-electron chi connectivity index (χ0n) is 22.5. The van der Waals surface area contributed by atoms with Gasteiger partial charge in [-0.05, 0) is 66.9 Å². The number of pyridine rings is 1. The number of para-hydroxylation sites is 1. The minimum Gasteiger partial charge on any atom is -0.443 e. The zero-order chi connectivity index (χ0) is 28.3. The highest BCUT2D eigenvalue weighted by Crippen LogP contribution is 2.49. The van der Waals surface area contributed by atoms with E-state index >= 15 is 8.78 Å². The Labute approximate surface area is 240 Å². The van der Waals surface area contributed by atoms with Crippen molar-refractivity contribution in [3.8, 4) is 22.6 Å². The van der Waals surface area contributed by atoms with E-state index in [-0.39, 0.29) is 23.7 Å². The van der Waals surface area contributed by atoms with E-state index in [0.717, 1.165) is 29.6 Å². The van der Waals surface area contributed by atoms with Crippen LogP contribution < -0.4 is 9.47 Å². The largest absolute Gasteiger partial charge is 0.443 e. The van der Waals surface area contributed by atoms with Gasteiger partial charge in [-0.25, -0.2) is 13.8 Å². The normalized spacial score (nSPS) is 19.5. The van der Waals surface area contributed by atoms with Crippen LogP contribution in [0.2, 0.25) is 5.02 Å². The summed E-state index contributed by atoms with van der Waals surface area (Å²) in [7, 11) is 0. The summed E-state index contributed by atoms with van der Waals surface area (Å²) >= 11 is 5.99. The van der Waals surface area contributed by atoms with Crippen LogP contribution >= 0.6 is 11.6 Å². The second-order valence-corrected chi connectivity index (χ2v) is 11.1. The van der Waals surface area contributed by atoms with Crippen LogP contribution in [0.25, 0.3) is 22.2 Å². The molecular formula is C32H26ClF2N3O3. The Morgan fingerprint density at radius 1 is 1.02 bits per heavy atom. The number of halogens is 3. The molecule has 1 fully saturated rings. The smallest absolute Gasteiger partial charge is 0.292 e. The van der Waals surface area contributed by atoms with Gasteiger partial charge in [0, 0.05) is 37.3 Å². The highest BCUT2D eigenvalue weighted by atomic mass is 35.5. The molecule has 0 N–H and O–H groups in total. The van der Waals surface area contributed by atoms with Crippen LogP contribution in [0.3, 0.4) is 0 Å². The number of fused-ring (bicyclic) bond motifs is 2. The summed E-state index contributed by atoms with van der Waals surface area (Å²) in [4.78, 5) is 9.10. The predicted molar refractivity (Wildman–Crippen MR) is 151 cm³/mol. The topological polar surface area (TPSA) is 58.4 Å². The molecule has 0 aliphatic carbocycles. The van der Waals surface area contributed by atoms with Gasteiger partial charge in [0.05, 0.1) is 28.7 Å². The molecule has 0 saturated carbocycles. The molecule has 2 aliphatic heterocycles. The molecule has 2 aliphatic rings. The van der Waals surface area contributed by atoms with Crippen molar-refractivity contribution in [2.45, 2.75) is 45.1 Å².